The summed E-state index contributed by atoms with van der Waals surface area (Å²) in [7, 11) is -2.36. The highest BCUT2D eigenvalue weighted by atomic mass is 32.2. The molecule has 1 N–H and O–H groups in total. The van der Waals surface area contributed by atoms with Gasteiger partial charge in [0.15, 0.2) is 0 Å². The lowest BCUT2D eigenvalue weighted by Crippen LogP contribution is -2.28. The second-order valence-electron chi connectivity index (χ2n) is 7.11. The van der Waals surface area contributed by atoms with Gasteiger partial charge in [-0.3, -0.25) is 4.79 Å². The van der Waals surface area contributed by atoms with Crippen molar-refractivity contribution in [3.63, 3.8) is 0 Å². The molecule has 1 fully saturated rings. The number of para-hydroxylation sites is 1. The Morgan fingerprint density at radius 2 is 1.90 bits per heavy atom. The lowest BCUT2D eigenvalue weighted by molar-refractivity contribution is 0.102. The number of nitrogens with zero attached hydrogens (tertiary/aromatic N) is 3. The molecule has 31 heavy (non-hydrogen) atoms. The SMILES string of the molecule is COc1ccc(C(=O)Nc2ccccc2-c2noc(C)n2)cc1S(=O)(=O)N1CCCC1. The second-order valence-corrected chi connectivity index (χ2v) is 9.02. The van der Waals surface area contributed by atoms with Crippen LogP contribution in [0.2, 0.25) is 0 Å². The highest BCUT2D eigenvalue weighted by molar-refractivity contribution is 7.89. The second kappa shape index (κ2) is 8.48. The third kappa shape index (κ3) is 4.17. The molecule has 0 unspecified atom stereocenters. The fourth-order valence-electron chi connectivity index (χ4n) is 3.48. The first kappa shape index (κ1) is 21.0. The number of ether oxygens (including phenoxy) is 1. The summed E-state index contributed by atoms with van der Waals surface area (Å²) in [6, 6.07) is 11.4. The van der Waals surface area contributed by atoms with Crippen LogP contribution in [0.25, 0.3) is 11.4 Å². The van der Waals surface area contributed by atoms with E-state index < -0.39 is 15.9 Å². The first-order chi connectivity index (χ1) is 14.9. The minimum Gasteiger partial charge on any atom is -0.495 e. The molecule has 162 valence electrons. The first-order valence-corrected chi connectivity index (χ1v) is 11.2. The molecular weight excluding hydrogens is 420 g/mol. The third-order valence-corrected chi connectivity index (χ3v) is 6.97. The topological polar surface area (TPSA) is 115 Å². The molecule has 1 amide bonds. The Labute approximate surface area is 180 Å². The van der Waals surface area contributed by atoms with Crippen molar-refractivity contribution in [2.75, 3.05) is 25.5 Å². The van der Waals surface area contributed by atoms with E-state index in [-0.39, 0.29) is 16.2 Å². The van der Waals surface area contributed by atoms with Crippen LogP contribution in [0.1, 0.15) is 29.1 Å². The normalized spacial score (nSPS) is 14.5. The van der Waals surface area contributed by atoms with Gasteiger partial charge in [0, 0.05) is 31.1 Å². The van der Waals surface area contributed by atoms with Crippen LogP contribution in [-0.2, 0) is 10.0 Å². The van der Waals surface area contributed by atoms with Gasteiger partial charge in [-0.15, -0.1) is 0 Å². The van der Waals surface area contributed by atoms with E-state index in [0.717, 1.165) is 12.8 Å². The smallest absolute Gasteiger partial charge is 0.255 e. The Hall–Kier alpha value is -3.24. The molecule has 4 rings (SSSR count). The number of hydrogen-bond donors (Lipinski definition) is 1. The molecule has 0 saturated carbocycles. The summed E-state index contributed by atoms with van der Waals surface area (Å²) in [5.74, 6) is 0.489. The van der Waals surface area contributed by atoms with Crippen molar-refractivity contribution in [2.45, 2.75) is 24.7 Å². The largest absolute Gasteiger partial charge is 0.495 e. The maximum absolute atomic E-state index is 13.1. The number of benzene rings is 2. The summed E-state index contributed by atoms with van der Waals surface area (Å²) in [6.07, 6.45) is 1.63. The predicted molar refractivity (Wildman–Crippen MR) is 113 cm³/mol. The van der Waals surface area contributed by atoms with Crippen molar-refractivity contribution in [2.24, 2.45) is 0 Å². The van der Waals surface area contributed by atoms with Gasteiger partial charge in [-0.1, -0.05) is 17.3 Å². The molecule has 1 saturated heterocycles. The molecule has 3 aromatic rings. The van der Waals surface area contributed by atoms with E-state index in [9.17, 15) is 13.2 Å². The molecule has 0 atom stereocenters. The summed E-state index contributed by atoms with van der Waals surface area (Å²) in [4.78, 5) is 17.2. The van der Waals surface area contributed by atoms with Crippen molar-refractivity contribution in [3.05, 3.63) is 53.9 Å². The monoisotopic (exact) mass is 442 g/mol. The van der Waals surface area contributed by atoms with Gasteiger partial charge in [0.05, 0.1) is 12.8 Å². The van der Waals surface area contributed by atoms with Crippen LogP contribution in [0.4, 0.5) is 5.69 Å². The maximum atomic E-state index is 13.1. The predicted octanol–water partition coefficient (Wildman–Crippen LogP) is 3.09. The Balaban J connectivity index is 1.66. The maximum Gasteiger partial charge on any atom is 0.255 e. The number of aromatic nitrogens is 2. The summed E-state index contributed by atoms with van der Waals surface area (Å²) in [5, 5.41) is 6.71. The van der Waals surface area contributed by atoms with Gasteiger partial charge in [-0.2, -0.15) is 9.29 Å². The zero-order chi connectivity index (χ0) is 22.0. The van der Waals surface area contributed by atoms with E-state index in [1.807, 2.05) is 0 Å². The van der Waals surface area contributed by atoms with Crippen LogP contribution in [0.5, 0.6) is 5.75 Å². The summed E-state index contributed by atoms with van der Waals surface area (Å²) in [6.45, 7) is 2.59. The fourth-order valence-corrected chi connectivity index (χ4v) is 5.18. The van der Waals surface area contributed by atoms with E-state index in [1.165, 1.54) is 29.6 Å². The zero-order valence-electron chi connectivity index (χ0n) is 17.2. The molecule has 2 heterocycles. The van der Waals surface area contributed by atoms with Crippen molar-refractivity contribution in [1.82, 2.24) is 14.4 Å². The first-order valence-electron chi connectivity index (χ1n) is 9.79. The fraction of sp³-hybridized carbons (Fsp3) is 0.286. The molecule has 9 nitrogen and oxygen atoms in total. The number of rotatable bonds is 6. The van der Waals surface area contributed by atoms with Crippen LogP contribution < -0.4 is 10.1 Å². The Kier molecular flexibility index (Phi) is 5.75. The minimum atomic E-state index is -3.76. The molecule has 0 radical (unpaired) electrons. The van der Waals surface area contributed by atoms with E-state index in [0.29, 0.717) is 36.1 Å². The van der Waals surface area contributed by atoms with Crippen LogP contribution in [0, 0.1) is 6.92 Å². The van der Waals surface area contributed by atoms with Gasteiger partial charge in [0.25, 0.3) is 5.91 Å². The minimum absolute atomic E-state index is 0.0216. The molecule has 1 aliphatic heterocycles. The Bertz CT molecular complexity index is 1220. The van der Waals surface area contributed by atoms with Gasteiger partial charge in [0.1, 0.15) is 10.6 Å². The van der Waals surface area contributed by atoms with Gasteiger partial charge >= 0.3 is 0 Å². The molecule has 1 aromatic heterocycles. The number of aryl methyl sites for hydroxylation is 1. The number of carbonyl (C=O) groups is 1. The van der Waals surface area contributed by atoms with E-state index in [2.05, 4.69) is 15.5 Å². The molecular formula is C21H22N4O5S. The quantitative estimate of drug-likeness (QED) is 0.624. The molecule has 2 aromatic carbocycles. The number of methoxy groups -OCH3 is 1. The number of nitrogens with one attached hydrogen (secondary N) is 1. The van der Waals surface area contributed by atoms with Crippen molar-refractivity contribution < 1.29 is 22.5 Å². The molecule has 0 aliphatic carbocycles. The van der Waals surface area contributed by atoms with Gasteiger partial charge in [-0.05, 0) is 43.2 Å². The van der Waals surface area contributed by atoms with Crippen molar-refractivity contribution in [1.29, 1.82) is 0 Å². The van der Waals surface area contributed by atoms with Gasteiger partial charge < -0.3 is 14.6 Å². The molecule has 10 heteroatoms. The number of amides is 1. The van der Waals surface area contributed by atoms with E-state index in [1.54, 1.807) is 31.2 Å². The highest BCUT2D eigenvalue weighted by Crippen LogP contribution is 2.31. The zero-order valence-corrected chi connectivity index (χ0v) is 18.0. The standard InChI is InChI=1S/C21H22N4O5S/c1-14-22-20(24-30-14)16-7-3-4-8-17(16)23-21(26)15-9-10-18(29-2)19(13-15)31(27,28)25-11-5-6-12-25/h3-4,7-10,13H,5-6,11-12H2,1-2H3,(H,23,26). The number of carbonyl (C=O) groups excluding carboxylic acids is 1. The molecule has 0 spiro atoms. The van der Waals surface area contributed by atoms with E-state index >= 15 is 0 Å². The van der Waals surface area contributed by atoms with Crippen molar-refractivity contribution in [3.8, 4) is 17.1 Å². The lowest BCUT2D eigenvalue weighted by Gasteiger charge is -2.18. The van der Waals surface area contributed by atoms with Gasteiger partial charge in [-0.25, -0.2) is 8.42 Å². The molecule has 0 bridgehead atoms. The summed E-state index contributed by atoms with van der Waals surface area (Å²) in [5.41, 5.74) is 1.26. The summed E-state index contributed by atoms with van der Waals surface area (Å²) >= 11 is 0. The molecule has 1 aliphatic rings. The number of hydrogen-bond acceptors (Lipinski definition) is 7. The number of sulfonamides is 1. The van der Waals surface area contributed by atoms with Crippen LogP contribution >= 0.6 is 0 Å². The average Bonchev–Trinajstić information content (AvgIpc) is 3.46. The van der Waals surface area contributed by atoms with Gasteiger partial charge in [0.2, 0.25) is 21.7 Å². The number of anilines is 1. The lowest BCUT2D eigenvalue weighted by atomic mass is 10.1. The van der Waals surface area contributed by atoms with Crippen molar-refractivity contribution >= 4 is 21.6 Å². The van der Waals surface area contributed by atoms with Crippen LogP contribution in [0.3, 0.4) is 0 Å². The third-order valence-electron chi connectivity index (χ3n) is 5.05. The average molecular weight is 442 g/mol. The summed E-state index contributed by atoms with van der Waals surface area (Å²) < 4.78 is 37.9. The van der Waals surface area contributed by atoms with Crippen LogP contribution in [-0.4, -0.2) is 49.0 Å². The van der Waals surface area contributed by atoms with E-state index in [4.69, 9.17) is 9.26 Å². The Morgan fingerprint density at radius 3 is 2.58 bits per heavy atom. The Morgan fingerprint density at radius 1 is 1.16 bits per heavy atom. The van der Waals surface area contributed by atoms with Crippen LogP contribution in [0.15, 0.2) is 51.9 Å². The highest BCUT2D eigenvalue weighted by Gasteiger charge is 2.30.